The first-order valence-electron chi connectivity index (χ1n) is 9.02. The summed E-state index contributed by atoms with van der Waals surface area (Å²) in [6.07, 6.45) is 4.41. The van der Waals surface area contributed by atoms with Gasteiger partial charge in [-0.25, -0.2) is 4.79 Å². The van der Waals surface area contributed by atoms with Crippen LogP contribution in [0.2, 0.25) is 0 Å². The lowest BCUT2D eigenvalue weighted by Gasteiger charge is -2.36. The van der Waals surface area contributed by atoms with Crippen LogP contribution < -0.4 is 5.56 Å². The molecule has 0 saturated heterocycles. The van der Waals surface area contributed by atoms with Crippen molar-refractivity contribution in [2.75, 3.05) is 13.7 Å². The first-order valence-corrected chi connectivity index (χ1v) is 9.02. The molecule has 1 aromatic heterocycles. The van der Waals surface area contributed by atoms with Gasteiger partial charge < -0.3 is 14.6 Å². The highest BCUT2D eigenvalue weighted by Gasteiger charge is 2.28. The van der Waals surface area contributed by atoms with Crippen LogP contribution in [0.25, 0.3) is 10.8 Å². The van der Waals surface area contributed by atoms with Crippen LogP contribution in [0, 0.1) is 5.92 Å². The molecule has 0 radical (unpaired) electrons. The molecule has 1 aliphatic carbocycles. The van der Waals surface area contributed by atoms with Crippen LogP contribution in [0.3, 0.4) is 0 Å². The smallest absolute Gasteiger partial charge is 0.355 e. The predicted molar refractivity (Wildman–Crippen MR) is 99.0 cm³/mol. The highest BCUT2D eigenvalue weighted by molar-refractivity contribution is 5.94. The van der Waals surface area contributed by atoms with Gasteiger partial charge in [-0.3, -0.25) is 9.59 Å². The fourth-order valence-electron chi connectivity index (χ4n) is 3.68. The Morgan fingerprint density at radius 2 is 1.96 bits per heavy atom. The second-order valence-electron chi connectivity index (χ2n) is 7.01. The van der Waals surface area contributed by atoms with Crippen LogP contribution in [0.4, 0.5) is 0 Å². The normalized spacial score (nSPS) is 19.9. The predicted octanol–water partition coefficient (Wildman–Crippen LogP) is 2.72. The third-order valence-electron chi connectivity index (χ3n) is 5.26. The molecule has 0 bridgehead atoms. The van der Waals surface area contributed by atoms with Gasteiger partial charge in [0.05, 0.1) is 0 Å². The van der Waals surface area contributed by atoms with E-state index < -0.39 is 5.97 Å². The fraction of sp³-hybridized carbons (Fsp3) is 0.450. The summed E-state index contributed by atoms with van der Waals surface area (Å²) >= 11 is 0. The van der Waals surface area contributed by atoms with Crippen molar-refractivity contribution in [3.63, 3.8) is 0 Å². The number of nitrogens with one attached hydrogen (secondary N) is 1. The quantitative estimate of drug-likeness (QED) is 0.854. The number of H-pyrrole nitrogens is 1. The van der Waals surface area contributed by atoms with Crippen LogP contribution in [0.1, 0.15) is 43.1 Å². The molecule has 2 unspecified atom stereocenters. The molecule has 26 heavy (non-hydrogen) atoms. The first-order chi connectivity index (χ1) is 12.5. The van der Waals surface area contributed by atoms with Crippen LogP contribution in [0.15, 0.2) is 35.1 Å². The van der Waals surface area contributed by atoms with Gasteiger partial charge in [-0.1, -0.05) is 38.0 Å². The zero-order chi connectivity index (χ0) is 18.7. The van der Waals surface area contributed by atoms with E-state index >= 15 is 0 Å². The molecule has 3 rings (SSSR count). The van der Waals surface area contributed by atoms with Gasteiger partial charge in [-0.05, 0) is 36.3 Å². The maximum atomic E-state index is 12.4. The van der Waals surface area contributed by atoms with Gasteiger partial charge in [-0.15, -0.1) is 0 Å². The summed E-state index contributed by atoms with van der Waals surface area (Å²) < 4.78 is 5.14. The van der Waals surface area contributed by atoms with Gasteiger partial charge >= 0.3 is 5.97 Å². The lowest BCUT2D eigenvalue weighted by Crippen LogP contribution is -2.44. The zero-order valence-electron chi connectivity index (χ0n) is 15.2. The van der Waals surface area contributed by atoms with Gasteiger partial charge in [0.25, 0.3) is 11.5 Å². The van der Waals surface area contributed by atoms with Crippen molar-refractivity contribution in [2.24, 2.45) is 5.92 Å². The SMILES string of the molecule is CC1CCCCC1N(C)C(=O)COC(=O)c1cc2ccccc2c(=O)[nH]1. The Morgan fingerprint density at radius 1 is 1.23 bits per heavy atom. The number of fused-ring (bicyclic) bond motifs is 1. The number of amides is 1. The number of likely N-dealkylation sites (N-methyl/N-ethyl adjacent to an activating group) is 1. The average Bonchev–Trinajstić information content (AvgIpc) is 2.65. The molecule has 2 aromatic rings. The highest BCUT2D eigenvalue weighted by Crippen LogP contribution is 2.27. The summed E-state index contributed by atoms with van der Waals surface area (Å²) in [6.45, 7) is 1.83. The lowest BCUT2D eigenvalue weighted by atomic mass is 9.85. The molecule has 138 valence electrons. The molecule has 1 amide bonds. The number of aromatic nitrogens is 1. The second kappa shape index (κ2) is 7.72. The number of rotatable bonds is 4. The van der Waals surface area contributed by atoms with Gasteiger partial charge in [-0.2, -0.15) is 0 Å². The summed E-state index contributed by atoms with van der Waals surface area (Å²) in [7, 11) is 1.76. The average molecular weight is 356 g/mol. The second-order valence-corrected chi connectivity index (χ2v) is 7.01. The number of pyridine rings is 1. The van der Waals surface area contributed by atoms with Crippen LogP contribution >= 0.6 is 0 Å². The number of ether oxygens (including phenoxy) is 1. The Kier molecular flexibility index (Phi) is 5.40. The Labute approximate surface area is 152 Å². The molecule has 0 aliphatic heterocycles. The Hall–Kier alpha value is -2.63. The van der Waals surface area contributed by atoms with E-state index in [0.717, 1.165) is 19.3 Å². The van der Waals surface area contributed by atoms with Crippen molar-refractivity contribution in [3.05, 3.63) is 46.4 Å². The molecule has 2 atom stereocenters. The summed E-state index contributed by atoms with van der Waals surface area (Å²) in [6, 6.07) is 8.75. The largest absolute Gasteiger partial charge is 0.451 e. The van der Waals surface area contributed by atoms with Crippen molar-refractivity contribution in [1.29, 1.82) is 0 Å². The number of nitrogens with zero attached hydrogens (tertiary/aromatic N) is 1. The molecule has 1 aliphatic rings. The van der Waals surface area contributed by atoms with Gasteiger partial charge in [0, 0.05) is 18.5 Å². The third-order valence-corrected chi connectivity index (χ3v) is 5.26. The van der Waals surface area contributed by atoms with Crippen molar-refractivity contribution in [3.8, 4) is 0 Å². The number of hydrogen-bond donors (Lipinski definition) is 1. The third kappa shape index (κ3) is 3.79. The van der Waals surface area contributed by atoms with Crippen molar-refractivity contribution in [2.45, 2.75) is 38.6 Å². The van der Waals surface area contributed by atoms with E-state index in [1.54, 1.807) is 42.3 Å². The number of benzene rings is 1. The molecule has 1 saturated carbocycles. The maximum Gasteiger partial charge on any atom is 0.355 e. The molecule has 0 spiro atoms. The van der Waals surface area contributed by atoms with E-state index in [-0.39, 0.29) is 29.8 Å². The monoisotopic (exact) mass is 356 g/mol. The number of aromatic amines is 1. The van der Waals surface area contributed by atoms with E-state index in [9.17, 15) is 14.4 Å². The van der Waals surface area contributed by atoms with Crippen LogP contribution in [-0.2, 0) is 9.53 Å². The van der Waals surface area contributed by atoms with E-state index in [1.165, 1.54) is 6.42 Å². The summed E-state index contributed by atoms with van der Waals surface area (Å²) in [5.41, 5.74) is -0.301. The van der Waals surface area contributed by atoms with Crippen molar-refractivity contribution in [1.82, 2.24) is 9.88 Å². The number of esters is 1. The topological polar surface area (TPSA) is 79.5 Å². The summed E-state index contributed by atoms with van der Waals surface area (Å²) in [4.78, 5) is 40.9. The van der Waals surface area contributed by atoms with Gasteiger partial charge in [0.1, 0.15) is 5.69 Å². The molecule has 1 heterocycles. The van der Waals surface area contributed by atoms with Crippen LogP contribution in [0.5, 0.6) is 0 Å². The van der Waals surface area contributed by atoms with Crippen molar-refractivity contribution < 1.29 is 14.3 Å². The molecular formula is C20H24N2O4. The number of carbonyl (C=O) groups excluding carboxylic acids is 2. The molecule has 1 N–H and O–H groups in total. The highest BCUT2D eigenvalue weighted by atomic mass is 16.5. The van der Waals surface area contributed by atoms with Gasteiger partial charge in [0.15, 0.2) is 6.61 Å². The Morgan fingerprint density at radius 3 is 2.73 bits per heavy atom. The Balaban J connectivity index is 1.65. The zero-order valence-corrected chi connectivity index (χ0v) is 15.2. The number of carbonyl (C=O) groups is 2. The summed E-state index contributed by atoms with van der Waals surface area (Å²) in [5, 5.41) is 1.16. The van der Waals surface area contributed by atoms with Gasteiger partial charge in [0.2, 0.25) is 0 Å². The summed E-state index contributed by atoms with van der Waals surface area (Å²) in [5.74, 6) is -0.475. The minimum Gasteiger partial charge on any atom is -0.451 e. The van der Waals surface area contributed by atoms with E-state index in [2.05, 4.69) is 11.9 Å². The lowest BCUT2D eigenvalue weighted by molar-refractivity contribution is -0.136. The molecule has 6 heteroatoms. The standard InChI is InChI=1S/C20H24N2O4/c1-13-7-3-6-10-17(13)22(2)18(23)12-26-20(25)16-11-14-8-4-5-9-15(14)19(24)21-16/h4-5,8-9,11,13,17H,3,6-7,10,12H2,1-2H3,(H,21,24). The molecule has 1 fully saturated rings. The molecule has 1 aromatic carbocycles. The van der Waals surface area contributed by atoms with Crippen LogP contribution in [-0.4, -0.2) is 41.5 Å². The minimum absolute atomic E-state index is 0.0511. The van der Waals surface area contributed by atoms with E-state index in [4.69, 9.17) is 4.74 Å². The first kappa shape index (κ1) is 18.2. The maximum absolute atomic E-state index is 12.4. The van der Waals surface area contributed by atoms with E-state index in [0.29, 0.717) is 16.7 Å². The van der Waals surface area contributed by atoms with E-state index in [1.807, 2.05) is 0 Å². The molecule has 6 nitrogen and oxygen atoms in total. The molecular weight excluding hydrogens is 332 g/mol. The van der Waals surface area contributed by atoms with Crippen molar-refractivity contribution >= 4 is 22.6 Å². The minimum atomic E-state index is -0.703. The Bertz CT molecular complexity index is 873. The fourth-order valence-corrected chi connectivity index (χ4v) is 3.68. The number of hydrogen-bond acceptors (Lipinski definition) is 4.